The number of phenolic OH excluding ortho intramolecular Hbond substituents is 1. The van der Waals surface area contributed by atoms with Gasteiger partial charge in [0.05, 0.1) is 15.7 Å². The fraction of sp³-hybridized carbons (Fsp3) is 0.125. The Labute approximate surface area is 91.3 Å². The van der Waals surface area contributed by atoms with E-state index < -0.39 is 0 Å². The molecule has 0 aliphatic rings. The van der Waals surface area contributed by atoms with E-state index in [1.54, 1.807) is 0 Å². The summed E-state index contributed by atoms with van der Waals surface area (Å²) >= 11 is 11.6. The Bertz CT molecular complexity index is 356. The molecule has 0 atom stereocenters. The third-order valence-electron chi connectivity index (χ3n) is 1.52. The Hall–Kier alpha value is -1.13. The van der Waals surface area contributed by atoms with Gasteiger partial charge in [-0.25, -0.2) is 0 Å². The average Bonchev–Trinajstić information content (AvgIpc) is 2.10. The summed E-state index contributed by atoms with van der Waals surface area (Å²) in [6, 6.07) is 2.72. The Morgan fingerprint density at radius 1 is 1.43 bits per heavy atom. The van der Waals surface area contributed by atoms with Gasteiger partial charge < -0.3 is 16.2 Å². The maximum absolute atomic E-state index is 9.15. The Morgan fingerprint density at radius 2 is 1.93 bits per heavy atom. The van der Waals surface area contributed by atoms with Crippen LogP contribution in [0.4, 0.5) is 5.69 Å². The van der Waals surface area contributed by atoms with Crippen molar-refractivity contribution in [1.82, 2.24) is 0 Å². The van der Waals surface area contributed by atoms with Crippen LogP contribution in [0.1, 0.15) is 0 Å². The number of aromatic hydroxyl groups is 1. The Balaban J connectivity index is 3.09. The van der Waals surface area contributed by atoms with E-state index >= 15 is 0 Å². The molecular formula is C8H9Cl2N3O. The van der Waals surface area contributed by atoms with E-state index in [0.29, 0.717) is 5.69 Å². The molecule has 1 rings (SSSR count). The van der Waals surface area contributed by atoms with Crippen LogP contribution in [0.5, 0.6) is 5.75 Å². The summed E-state index contributed by atoms with van der Waals surface area (Å²) in [6.07, 6.45) is 0. The molecule has 0 amide bonds. The van der Waals surface area contributed by atoms with Crippen molar-refractivity contribution < 1.29 is 5.11 Å². The van der Waals surface area contributed by atoms with Crippen LogP contribution in [0.2, 0.25) is 10.0 Å². The molecule has 76 valence electrons. The quantitative estimate of drug-likeness (QED) is 0.395. The van der Waals surface area contributed by atoms with E-state index in [4.69, 9.17) is 34.0 Å². The minimum Gasteiger partial charge on any atom is -0.508 e. The molecule has 1 aromatic rings. The first-order valence-corrected chi connectivity index (χ1v) is 4.47. The predicted molar refractivity (Wildman–Crippen MR) is 59.3 cm³/mol. The van der Waals surface area contributed by atoms with E-state index in [1.807, 2.05) is 0 Å². The molecule has 0 unspecified atom stereocenters. The molecule has 6 heteroatoms. The zero-order valence-corrected chi connectivity index (χ0v) is 8.89. The van der Waals surface area contributed by atoms with Gasteiger partial charge in [0.1, 0.15) is 5.75 Å². The van der Waals surface area contributed by atoms with E-state index in [2.05, 4.69) is 10.3 Å². The number of phenols is 1. The van der Waals surface area contributed by atoms with Crippen LogP contribution >= 0.6 is 23.2 Å². The lowest BCUT2D eigenvalue weighted by atomic mass is 10.3. The van der Waals surface area contributed by atoms with Crippen LogP contribution in [0, 0.1) is 0 Å². The molecule has 0 aliphatic carbocycles. The summed E-state index contributed by atoms with van der Waals surface area (Å²) in [5.74, 6) is 0.192. The molecule has 0 bridgehead atoms. The van der Waals surface area contributed by atoms with Crippen molar-refractivity contribution in [3.63, 3.8) is 0 Å². The molecule has 4 nitrogen and oxygen atoms in total. The minimum atomic E-state index is -0.00226. The molecule has 14 heavy (non-hydrogen) atoms. The average molecular weight is 234 g/mol. The van der Waals surface area contributed by atoms with Gasteiger partial charge in [0, 0.05) is 19.2 Å². The number of hydrogen-bond acceptors (Lipinski definition) is 2. The number of nitrogens with two attached hydrogens (primary N) is 1. The SMILES string of the molecule is CN=C(N)Nc1c(Cl)cc(O)cc1Cl. The first-order chi connectivity index (χ1) is 6.54. The first kappa shape index (κ1) is 10.9. The highest BCUT2D eigenvalue weighted by Crippen LogP contribution is 2.33. The van der Waals surface area contributed by atoms with Crippen LogP contribution in [0.25, 0.3) is 0 Å². The van der Waals surface area contributed by atoms with Crippen molar-refractivity contribution >= 4 is 34.8 Å². The fourth-order valence-corrected chi connectivity index (χ4v) is 1.43. The number of benzene rings is 1. The molecule has 4 N–H and O–H groups in total. The topological polar surface area (TPSA) is 70.6 Å². The second-order valence-corrected chi connectivity index (χ2v) is 3.33. The van der Waals surface area contributed by atoms with Crippen molar-refractivity contribution in [2.24, 2.45) is 10.7 Å². The largest absolute Gasteiger partial charge is 0.508 e. The molecule has 0 saturated heterocycles. The third kappa shape index (κ3) is 2.43. The number of nitrogens with zero attached hydrogens (tertiary/aromatic N) is 1. The number of rotatable bonds is 1. The van der Waals surface area contributed by atoms with Gasteiger partial charge in [-0.3, -0.25) is 4.99 Å². The van der Waals surface area contributed by atoms with Crippen molar-refractivity contribution in [1.29, 1.82) is 0 Å². The zero-order valence-electron chi connectivity index (χ0n) is 7.38. The van der Waals surface area contributed by atoms with Crippen molar-refractivity contribution in [2.45, 2.75) is 0 Å². The standard InChI is InChI=1S/C8H9Cl2N3O/c1-12-8(11)13-7-5(9)2-4(14)3-6(7)10/h2-3,14H,1H3,(H3,11,12,13). The van der Waals surface area contributed by atoms with Crippen LogP contribution < -0.4 is 11.1 Å². The summed E-state index contributed by atoms with van der Waals surface area (Å²) in [5.41, 5.74) is 5.87. The van der Waals surface area contributed by atoms with E-state index in [0.717, 1.165) is 0 Å². The summed E-state index contributed by atoms with van der Waals surface area (Å²) in [5, 5.41) is 12.4. The predicted octanol–water partition coefficient (Wildman–Crippen LogP) is 2.06. The maximum atomic E-state index is 9.15. The normalized spacial score (nSPS) is 11.5. The highest BCUT2D eigenvalue weighted by Gasteiger charge is 2.08. The number of halogens is 2. The molecule has 0 heterocycles. The van der Waals surface area contributed by atoms with Gasteiger partial charge >= 0.3 is 0 Å². The molecule has 0 aromatic heterocycles. The Morgan fingerprint density at radius 3 is 2.36 bits per heavy atom. The monoisotopic (exact) mass is 233 g/mol. The smallest absolute Gasteiger partial charge is 0.192 e. The third-order valence-corrected chi connectivity index (χ3v) is 2.12. The van der Waals surface area contributed by atoms with Crippen LogP contribution in [0.3, 0.4) is 0 Å². The van der Waals surface area contributed by atoms with Gasteiger partial charge in [-0.1, -0.05) is 23.2 Å². The van der Waals surface area contributed by atoms with Gasteiger partial charge in [0.2, 0.25) is 0 Å². The van der Waals surface area contributed by atoms with Crippen molar-refractivity contribution in [3.05, 3.63) is 22.2 Å². The van der Waals surface area contributed by atoms with Crippen molar-refractivity contribution in [2.75, 3.05) is 12.4 Å². The molecule has 0 fully saturated rings. The molecular weight excluding hydrogens is 225 g/mol. The lowest BCUT2D eigenvalue weighted by molar-refractivity contribution is 0.475. The van der Waals surface area contributed by atoms with E-state index in [1.165, 1.54) is 19.2 Å². The van der Waals surface area contributed by atoms with Gasteiger partial charge in [-0.05, 0) is 0 Å². The first-order valence-electron chi connectivity index (χ1n) is 3.72. The summed E-state index contributed by atoms with van der Waals surface area (Å²) in [4.78, 5) is 3.69. The molecule has 0 spiro atoms. The lowest BCUT2D eigenvalue weighted by Gasteiger charge is -2.09. The molecule has 0 aliphatic heterocycles. The highest BCUT2D eigenvalue weighted by molar-refractivity contribution is 6.40. The number of nitrogens with one attached hydrogen (secondary N) is 1. The molecule has 1 aromatic carbocycles. The maximum Gasteiger partial charge on any atom is 0.192 e. The zero-order chi connectivity index (χ0) is 10.7. The number of aliphatic imine (C=N–C) groups is 1. The molecule has 0 saturated carbocycles. The second-order valence-electron chi connectivity index (χ2n) is 2.52. The van der Waals surface area contributed by atoms with Crippen molar-refractivity contribution in [3.8, 4) is 5.75 Å². The highest BCUT2D eigenvalue weighted by atomic mass is 35.5. The second kappa shape index (κ2) is 4.39. The van der Waals surface area contributed by atoms with Gasteiger partial charge in [-0.2, -0.15) is 0 Å². The minimum absolute atomic E-state index is 0.00226. The van der Waals surface area contributed by atoms with E-state index in [9.17, 15) is 0 Å². The van der Waals surface area contributed by atoms with Crippen LogP contribution in [0.15, 0.2) is 17.1 Å². The summed E-state index contributed by atoms with van der Waals surface area (Å²) < 4.78 is 0. The van der Waals surface area contributed by atoms with Crippen LogP contribution in [-0.2, 0) is 0 Å². The summed E-state index contributed by atoms with van der Waals surface area (Å²) in [7, 11) is 1.53. The van der Waals surface area contributed by atoms with Gasteiger partial charge in [0.15, 0.2) is 5.96 Å². The fourth-order valence-electron chi connectivity index (χ4n) is 0.863. The van der Waals surface area contributed by atoms with Crippen LogP contribution in [-0.4, -0.2) is 18.1 Å². The van der Waals surface area contributed by atoms with E-state index in [-0.39, 0.29) is 21.8 Å². The van der Waals surface area contributed by atoms with Gasteiger partial charge in [-0.15, -0.1) is 0 Å². The lowest BCUT2D eigenvalue weighted by Crippen LogP contribution is -2.22. The number of hydrogen-bond donors (Lipinski definition) is 3. The number of anilines is 1. The molecule has 0 radical (unpaired) electrons. The Kier molecular flexibility index (Phi) is 3.43. The summed E-state index contributed by atoms with van der Waals surface area (Å²) in [6.45, 7) is 0. The number of guanidine groups is 1. The van der Waals surface area contributed by atoms with Gasteiger partial charge in [0.25, 0.3) is 0 Å².